The van der Waals surface area contributed by atoms with Gasteiger partial charge in [0.05, 0.1) is 24.1 Å². The highest BCUT2D eigenvalue weighted by molar-refractivity contribution is 7.89. The van der Waals surface area contributed by atoms with E-state index in [4.69, 9.17) is 4.74 Å². The topological polar surface area (TPSA) is 93.9 Å². The predicted octanol–water partition coefficient (Wildman–Crippen LogP) is 1.85. The number of amides is 1. The number of carbonyl (C=O) groups is 1. The Kier molecular flexibility index (Phi) is 6.35. The average Bonchev–Trinajstić information content (AvgIpc) is 2.83. The maximum atomic E-state index is 13.0. The third-order valence-corrected chi connectivity index (χ3v) is 8.00. The van der Waals surface area contributed by atoms with Crippen molar-refractivity contribution >= 4 is 21.6 Å². The molecule has 0 N–H and O–H groups in total. The van der Waals surface area contributed by atoms with Crippen LogP contribution in [0.4, 0.5) is 5.69 Å². The Balaban J connectivity index is 1.40. The first-order chi connectivity index (χ1) is 15.4. The van der Waals surface area contributed by atoms with Crippen molar-refractivity contribution < 1.29 is 17.9 Å². The molecule has 4 rings (SSSR count). The molecule has 0 aliphatic carbocycles. The summed E-state index contributed by atoms with van der Waals surface area (Å²) in [5, 5.41) is 9.25. The molecule has 1 amide bonds. The van der Waals surface area contributed by atoms with Crippen LogP contribution in [0.25, 0.3) is 0 Å². The van der Waals surface area contributed by atoms with Gasteiger partial charge in [0.25, 0.3) is 0 Å². The number of nitrogens with zero attached hydrogens (tertiary/aromatic N) is 4. The van der Waals surface area contributed by atoms with Crippen LogP contribution >= 0.6 is 0 Å². The normalized spacial score (nSPS) is 16.9. The highest BCUT2D eigenvalue weighted by atomic mass is 32.2. The number of benzene rings is 2. The lowest BCUT2D eigenvalue weighted by Crippen LogP contribution is -2.53. The molecule has 2 aliphatic heterocycles. The molecule has 0 radical (unpaired) electrons. The Morgan fingerprint density at radius 2 is 1.84 bits per heavy atom. The first-order valence-corrected chi connectivity index (χ1v) is 12.1. The minimum atomic E-state index is -3.78. The molecule has 0 aromatic heterocycles. The molecule has 9 heteroatoms. The van der Waals surface area contributed by atoms with E-state index in [1.807, 2.05) is 24.3 Å². The predicted molar refractivity (Wildman–Crippen MR) is 120 cm³/mol. The zero-order chi connectivity index (χ0) is 22.7. The number of rotatable bonds is 5. The molecule has 32 heavy (non-hydrogen) atoms. The summed E-state index contributed by atoms with van der Waals surface area (Å²) in [5.41, 5.74) is 2.36. The summed E-state index contributed by atoms with van der Waals surface area (Å²) in [6, 6.07) is 14.1. The molecule has 1 saturated heterocycles. The van der Waals surface area contributed by atoms with Crippen LogP contribution < -0.4 is 9.64 Å². The van der Waals surface area contributed by atoms with Gasteiger partial charge in [0.1, 0.15) is 11.8 Å². The van der Waals surface area contributed by atoms with Gasteiger partial charge in [-0.25, -0.2) is 8.42 Å². The van der Waals surface area contributed by atoms with Crippen molar-refractivity contribution in [3.05, 3.63) is 53.6 Å². The van der Waals surface area contributed by atoms with Crippen LogP contribution in [0.2, 0.25) is 0 Å². The van der Waals surface area contributed by atoms with Crippen LogP contribution in [-0.2, 0) is 21.2 Å². The molecule has 0 bridgehead atoms. The fourth-order valence-electron chi connectivity index (χ4n) is 4.31. The van der Waals surface area contributed by atoms with E-state index in [9.17, 15) is 18.5 Å². The van der Waals surface area contributed by atoms with E-state index in [0.29, 0.717) is 13.1 Å². The first kappa shape index (κ1) is 22.1. The number of hydrogen-bond acceptors (Lipinski definition) is 6. The van der Waals surface area contributed by atoms with Crippen LogP contribution in [0.3, 0.4) is 0 Å². The number of anilines is 1. The molecular weight excluding hydrogens is 428 g/mol. The molecule has 2 aromatic rings. The van der Waals surface area contributed by atoms with Gasteiger partial charge >= 0.3 is 0 Å². The van der Waals surface area contributed by atoms with E-state index in [0.717, 1.165) is 30.8 Å². The second-order valence-electron chi connectivity index (χ2n) is 7.91. The Bertz CT molecular complexity index is 1150. The molecule has 168 valence electrons. The summed E-state index contributed by atoms with van der Waals surface area (Å²) in [7, 11) is -2.13. The van der Waals surface area contributed by atoms with Crippen molar-refractivity contribution in [1.82, 2.24) is 9.21 Å². The van der Waals surface area contributed by atoms with E-state index in [-0.39, 0.29) is 36.0 Å². The molecule has 8 nitrogen and oxygen atoms in total. The fourth-order valence-corrected chi connectivity index (χ4v) is 5.87. The summed E-state index contributed by atoms with van der Waals surface area (Å²) >= 11 is 0. The zero-order valence-corrected chi connectivity index (χ0v) is 18.8. The Morgan fingerprint density at radius 1 is 1.09 bits per heavy atom. The fraction of sp³-hybridized carbons (Fsp3) is 0.391. The molecule has 0 atom stereocenters. The van der Waals surface area contributed by atoms with Crippen molar-refractivity contribution in [2.75, 3.05) is 51.3 Å². The lowest BCUT2D eigenvalue weighted by molar-refractivity contribution is -0.130. The number of carbonyl (C=O) groups excluding carboxylic acids is 1. The van der Waals surface area contributed by atoms with Crippen molar-refractivity contribution in [3.8, 4) is 11.8 Å². The monoisotopic (exact) mass is 454 g/mol. The minimum absolute atomic E-state index is 0.0110. The van der Waals surface area contributed by atoms with Gasteiger partial charge in [0.15, 0.2) is 0 Å². The third kappa shape index (κ3) is 4.29. The van der Waals surface area contributed by atoms with Gasteiger partial charge in [0.2, 0.25) is 15.9 Å². The quantitative estimate of drug-likeness (QED) is 0.685. The summed E-state index contributed by atoms with van der Waals surface area (Å²) in [6.45, 7) is 2.16. The van der Waals surface area contributed by atoms with Crippen LogP contribution in [0.15, 0.2) is 47.4 Å². The summed E-state index contributed by atoms with van der Waals surface area (Å²) in [6.07, 6.45) is 1.93. The lowest BCUT2D eigenvalue weighted by atomic mass is 10.0. The molecule has 0 saturated carbocycles. The second-order valence-corrected chi connectivity index (χ2v) is 9.82. The van der Waals surface area contributed by atoms with Gasteiger partial charge in [-0.15, -0.1) is 0 Å². The number of hydrogen-bond donors (Lipinski definition) is 0. The number of methoxy groups -OCH3 is 1. The van der Waals surface area contributed by atoms with Crippen molar-refractivity contribution in [1.29, 1.82) is 5.26 Å². The largest absolute Gasteiger partial charge is 0.497 e. The zero-order valence-electron chi connectivity index (χ0n) is 18.0. The van der Waals surface area contributed by atoms with Gasteiger partial charge in [-0.05, 0) is 48.7 Å². The molecule has 0 unspecified atom stereocenters. The maximum Gasteiger partial charge on any atom is 0.244 e. The standard InChI is InChI=1S/C23H26N4O4S/c1-31-20-8-9-21-18(15-20)6-4-10-26(21)17-23(28)25-11-13-27(14-12-25)32(29,30)22-7-3-2-5-19(22)16-24/h2-3,5,7-9,15H,4,6,10-14,17H2,1H3. The lowest BCUT2D eigenvalue weighted by Gasteiger charge is -2.37. The van der Waals surface area contributed by atoms with E-state index >= 15 is 0 Å². The van der Waals surface area contributed by atoms with E-state index in [2.05, 4.69) is 4.90 Å². The molecule has 2 aromatic carbocycles. The highest BCUT2D eigenvalue weighted by Crippen LogP contribution is 2.30. The van der Waals surface area contributed by atoms with Crippen molar-refractivity contribution in [2.45, 2.75) is 17.7 Å². The molecular formula is C23H26N4O4S. The summed E-state index contributed by atoms with van der Waals surface area (Å²) < 4.78 is 32.7. The van der Waals surface area contributed by atoms with Crippen molar-refractivity contribution in [3.63, 3.8) is 0 Å². The Morgan fingerprint density at radius 3 is 2.56 bits per heavy atom. The number of fused-ring (bicyclic) bond motifs is 1. The van der Waals surface area contributed by atoms with Crippen LogP contribution in [0.5, 0.6) is 5.75 Å². The minimum Gasteiger partial charge on any atom is -0.497 e. The van der Waals surface area contributed by atoms with Gasteiger partial charge in [-0.1, -0.05) is 12.1 Å². The Labute approximate surface area is 188 Å². The van der Waals surface area contributed by atoms with Gasteiger partial charge in [0, 0.05) is 38.4 Å². The van der Waals surface area contributed by atoms with E-state index in [1.165, 1.54) is 22.0 Å². The number of sulfonamides is 1. The smallest absolute Gasteiger partial charge is 0.244 e. The number of piperazine rings is 1. The second kappa shape index (κ2) is 9.18. The highest BCUT2D eigenvalue weighted by Gasteiger charge is 2.32. The van der Waals surface area contributed by atoms with Gasteiger partial charge in [-0.2, -0.15) is 9.57 Å². The number of aryl methyl sites for hydroxylation is 1. The molecule has 2 aliphatic rings. The number of ether oxygens (including phenoxy) is 1. The SMILES string of the molecule is COc1ccc2c(c1)CCCN2CC(=O)N1CCN(S(=O)(=O)c2ccccc2C#N)CC1. The first-order valence-electron chi connectivity index (χ1n) is 10.6. The van der Waals surface area contributed by atoms with Crippen molar-refractivity contribution in [2.24, 2.45) is 0 Å². The van der Waals surface area contributed by atoms with E-state index in [1.54, 1.807) is 24.1 Å². The maximum absolute atomic E-state index is 13.0. The molecule has 1 fully saturated rings. The van der Waals surface area contributed by atoms with Crippen LogP contribution in [0.1, 0.15) is 17.5 Å². The molecule has 0 spiro atoms. The van der Waals surface area contributed by atoms with Crippen LogP contribution in [0, 0.1) is 11.3 Å². The Hall–Kier alpha value is -3.09. The van der Waals surface area contributed by atoms with E-state index < -0.39 is 10.0 Å². The number of nitriles is 1. The summed E-state index contributed by atoms with van der Waals surface area (Å²) in [5.74, 6) is 0.801. The summed E-state index contributed by atoms with van der Waals surface area (Å²) in [4.78, 5) is 16.8. The molecule has 2 heterocycles. The van der Waals surface area contributed by atoms with Gasteiger partial charge in [-0.3, -0.25) is 4.79 Å². The van der Waals surface area contributed by atoms with Crippen LogP contribution in [-0.4, -0.2) is 69.9 Å². The average molecular weight is 455 g/mol. The third-order valence-electron chi connectivity index (χ3n) is 6.04. The van der Waals surface area contributed by atoms with Gasteiger partial charge < -0.3 is 14.5 Å².